The Morgan fingerprint density at radius 2 is 1.79 bits per heavy atom. The van der Waals surface area contributed by atoms with E-state index >= 15 is 0 Å². The molecule has 0 unspecified atom stereocenters. The summed E-state index contributed by atoms with van der Waals surface area (Å²) in [6, 6.07) is 4.97. The molecule has 0 spiro atoms. The van der Waals surface area contributed by atoms with Gasteiger partial charge in [-0.25, -0.2) is 0 Å². The normalized spacial score (nSPS) is 11.1. The van der Waals surface area contributed by atoms with Crippen LogP contribution in [0.4, 0.5) is 5.88 Å². The quantitative estimate of drug-likeness (QED) is 0.853. The number of aliphatic hydroxyl groups is 2. The van der Waals surface area contributed by atoms with Gasteiger partial charge in [0.15, 0.2) is 6.29 Å². The van der Waals surface area contributed by atoms with Crippen LogP contribution in [0.25, 0.3) is 11.3 Å². The molecule has 1 heterocycles. The molecule has 2 rings (SSSR count). The Balaban J connectivity index is 2.70. The third kappa shape index (κ3) is 2.55. The molecule has 1 aromatic heterocycles. The van der Waals surface area contributed by atoms with Gasteiger partial charge in [-0.05, 0) is 12.1 Å². The largest absolute Gasteiger partial charge is 0.364 e. The van der Waals surface area contributed by atoms with Gasteiger partial charge in [0.05, 0.1) is 10.0 Å². The Kier molecular flexibility index (Phi) is 4.01. The van der Waals surface area contributed by atoms with Gasteiger partial charge < -0.3 is 19.6 Å². The molecule has 0 aliphatic heterocycles. The van der Waals surface area contributed by atoms with E-state index in [1.165, 1.54) is 0 Å². The fourth-order valence-corrected chi connectivity index (χ4v) is 2.32. The van der Waals surface area contributed by atoms with Crippen LogP contribution in [0, 0.1) is 0 Å². The summed E-state index contributed by atoms with van der Waals surface area (Å²) in [5, 5.41) is 23.6. The molecule has 0 saturated carbocycles. The van der Waals surface area contributed by atoms with E-state index in [4.69, 9.17) is 27.7 Å². The minimum absolute atomic E-state index is 0.125. The summed E-state index contributed by atoms with van der Waals surface area (Å²) in [6.45, 7) is 0. The number of nitrogens with zero attached hydrogens (tertiary/aromatic N) is 2. The van der Waals surface area contributed by atoms with Crippen LogP contribution in [0.5, 0.6) is 0 Å². The first-order valence-electron chi connectivity index (χ1n) is 5.41. The van der Waals surface area contributed by atoms with Crippen LogP contribution < -0.4 is 4.90 Å². The molecular weight excluding hydrogens is 291 g/mol. The van der Waals surface area contributed by atoms with Crippen molar-refractivity contribution in [2.75, 3.05) is 19.0 Å². The highest BCUT2D eigenvalue weighted by Gasteiger charge is 2.26. The maximum absolute atomic E-state index is 9.51. The molecule has 19 heavy (non-hydrogen) atoms. The van der Waals surface area contributed by atoms with Gasteiger partial charge in [0.2, 0.25) is 5.88 Å². The topological polar surface area (TPSA) is 69.7 Å². The van der Waals surface area contributed by atoms with E-state index in [0.29, 0.717) is 15.6 Å². The molecule has 0 radical (unpaired) electrons. The third-order valence-corrected chi connectivity index (χ3v) is 3.20. The maximum atomic E-state index is 9.51. The van der Waals surface area contributed by atoms with Crippen molar-refractivity contribution in [2.45, 2.75) is 6.29 Å². The van der Waals surface area contributed by atoms with Crippen LogP contribution in [-0.4, -0.2) is 29.5 Å². The fourth-order valence-electron chi connectivity index (χ4n) is 1.75. The molecule has 2 aromatic rings. The predicted molar refractivity (Wildman–Crippen MR) is 73.5 cm³/mol. The number of anilines is 1. The molecule has 5 nitrogen and oxygen atoms in total. The first-order chi connectivity index (χ1) is 8.93. The lowest BCUT2D eigenvalue weighted by atomic mass is 10.1. The maximum Gasteiger partial charge on any atom is 0.235 e. The van der Waals surface area contributed by atoms with Gasteiger partial charge in [-0.15, -0.1) is 0 Å². The van der Waals surface area contributed by atoms with Gasteiger partial charge in [-0.2, -0.15) is 0 Å². The van der Waals surface area contributed by atoms with Crippen molar-refractivity contribution in [1.82, 2.24) is 5.16 Å². The van der Waals surface area contributed by atoms with E-state index < -0.39 is 6.29 Å². The summed E-state index contributed by atoms with van der Waals surface area (Å²) in [5.41, 5.74) is 0.750. The van der Waals surface area contributed by atoms with Crippen molar-refractivity contribution in [3.05, 3.63) is 33.8 Å². The molecule has 0 aliphatic carbocycles. The van der Waals surface area contributed by atoms with E-state index in [-0.39, 0.29) is 17.1 Å². The van der Waals surface area contributed by atoms with Crippen molar-refractivity contribution < 1.29 is 14.7 Å². The van der Waals surface area contributed by atoms with Crippen molar-refractivity contribution >= 4 is 29.1 Å². The molecule has 7 heteroatoms. The number of aromatic nitrogens is 1. The minimum Gasteiger partial charge on any atom is -0.364 e. The van der Waals surface area contributed by atoms with E-state index in [1.807, 2.05) is 0 Å². The summed E-state index contributed by atoms with van der Waals surface area (Å²) in [5.74, 6) is 0.237. The summed E-state index contributed by atoms with van der Waals surface area (Å²) in [4.78, 5) is 1.58. The molecule has 0 saturated heterocycles. The van der Waals surface area contributed by atoms with Gasteiger partial charge in [-0.3, -0.25) is 0 Å². The molecule has 1 aromatic carbocycles. The average molecular weight is 303 g/mol. The zero-order chi connectivity index (χ0) is 14.2. The van der Waals surface area contributed by atoms with Gasteiger partial charge in [0, 0.05) is 19.7 Å². The van der Waals surface area contributed by atoms with Crippen LogP contribution in [0.1, 0.15) is 11.9 Å². The van der Waals surface area contributed by atoms with E-state index in [0.717, 1.165) is 0 Å². The first kappa shape index (κ1) is 14.1. The highest BCUT2D eigenvalue weighted by molar-refractivity contribution is 6.39. The summed E-state index contributed by atoms with van der Waals surface area (Å²) < 4.78 is 5.12. The zero-order valence-corrected chi connectivity index (χ0v) is 11.8. The summed E-state index contributed by atoms with van der Waals surface area (Å²) >= 11 is 12.2. The number of aliphatic hydroxyl groups excluding tert-OH is 1. The van der Waals surface area contributed by atoms with Crippen molar-refractivity contribution in [1.29, 1.82) is 0 Å². The lowest BCUT2D eigenvalue weighted by Crippen LogP contribution is -2.11. The van der Waals surface area contributed by atoms with Crippen LogP contribution in [0.3, 0.4) is 0 Å². The van der Waals surface area contributed by atoms with Gasteiger partial charge in [-0.1, -0.05) is 34.4 Å². The number of halogens is 2. The van der Waals surface area contributed by atoms with E-state index in [2.05, 4.69) is 5.16 Å². The second-order valence-electron chi connectivity index (χ2n) is 4.11. The number of benzene rings is 1. The lowest BCUT2D eigenvalue weighted by Gasteiger charge is -2.12. The van der Waals surface area contributed by atoms with Crippen LogP contribution >= 0.6 is 23.2 Å². The molecule has 102 valence electrons. The SMILES string of the molecule is CN(C)c1onc(-c2c(Cl)cccc2Cl)c1C(O)O. The Labute approximate surface area is 120 Å². The van der Waals surface area contributed by atoms with E-state index in [9.17, 15) is 10.2 Å². The lowest BCUT2D eigenvalue weighted by molar-refractivity contribution is -0.0419. The molecule has 0 fully saturated rings. The molecule has 0 atom stereocenters. The highest BCUT2D eigenvalue weighted by atomic mass is 35.5. The molecule has 2 N–H and O–H groups in total. The Morgan fingerprint density at radius 1 is 1.21 bits per heavy atom. The number of rotatable bonds is 3. The third-order valence-electron chi connectivity index (χ3n) is 2.57. The Hall–Kier alpha value is -1.27. The smallest absolute Gasteiger partial charge is 0.235 e. The van der Waals surface area contributed by atoms with Crippen molar-refractivity contribution in [2.24, 2.45) is 0 Å². The predicted octanol–water partition coefficient (Wildman–Crippen LogP) is 2.70. The molecule has 0 aliphatic rings. The summed E-state index contributed by atoms with van der Waals surface area (Å²) in [7, 11) is 3.40. The minimum atomic E-state index is -1.74. The number of hydrogen-bond donors (Lipinski definition) is 2. The average Bonchev–Trinajstić information content (AvgIpc) is 2.73. The molecule has 0 amide bonds. The second kappa shape index (κ2) is 5.38. The molecular formula is C12H12Cl2N2O3. The van der Waals surface area contributed by atoms with Crippen LogP contribution in [0.15, 0.2) is 22.7 Å². The fraction of sp³-hybridized carbons (Fsp3) is 0.250. The Bertz CT molecular complexity index is 576. The second-order valence-corrected chi connectivity index (χ2v) is 4.93. The van der Waals surface area contributed by atoms with Crippen molar-refractivity contribution in [3.8, 4) is 11.3 Å². The van der Waals surface area contributed by atoms with Crippen LogP contribution in [0.2, 0.25) is 10.0 Å². The van der Waals surface area contributed by atoms with Gasteiger partial charge in [0.25, 0.3) is 0 Å². The summed E-state index contributed by atoms with van der Waals surface area (Å²) in [6.07, 6.45) is -1.74. The monoisotopic (exact) mass is 302 g/mol. The first-order valence-corrected chi connectivity index (χ1v) is 6.16. The van der Waals surface area contributed by atoms with Crippen molar-refractivity contribution in [3.63, 3.8) is 0 Å². The Morgan fingerprint density at radius 3 is 2.26 bits per heavy atom. The highest BCUT2D eigenvalue weighted by Crippen LogP contribution is 2.40. The zero-order valence-electron chi connectivity index (χ0n) is 10.3. The standard InChI is InChI=1S/C12H12Cl2N2O3/c1-16(2)11-9(12(17)18)10(15-19-11)8-6(13)4-3-5-7(8)14/h3-5,12,17-18H,1-2H3. The van der Waals surface area contributed by atoms with Gasteiger partial charge in [0.1, 0.15) is 11.3 Å². The van der Waals surface area contributed by atoms with E-state index in [1.54, 1.807) is 37.2 Å². The van der Waals surface area contributed by atoms with Crippen LogP contribution in [-0.2, 0) is 0 Å². The van der Waals surface area contributed by atoms with Gasteiger partial charge >= 0.3 is 0 Å². The number of hydrogen-bond acceptors (Lipinski definition) is 5. The molecule has 0 bridgehead atoms.